The van der Waals surface area contributed by atoms with E-state index in [0.717, 1.165) is 13.0 Å². The van der Waals surface area contributed by atoms with Crippen molar-refractivity contribution in [3.63, 3.8) is 0 Å². The minimum absolute atomic E-state index is 0. The maximum absolute atomic E-state index is 3.61. The number of para-hydroxylation sites is 2. The minimum Gasteiger partial charge on any atom is -0.353 e. The Bertz CT molecular complexity index is 613. The monoisotopic (exact) mass is 320 g/mol. The highest BCUT2D eigenvalue weighted by Crippen LogP contribution is 2.45. The third-order valence-corrected chi connectivity index (χ3v) is 4.67. The number of anilines is 2. The van der Waals surface area contributed by atoms with Crippen LogP contribution in [0, 0.1) is 0 Å². The Balaban J connectivity index is 0.00000161. The summed E-state index contributed by atoms with van der Waals surface area (Å²) < 4.78 is 0. The molecule has 21 heavy (non-hydrogen) atoms. The molecule has 0 aromatic heterocycles. The van der Waals surface area contributed by atoms with Gasteiger partial charge in [0.1, 0.15) is 0 Å². The van der Waals surface area contributed by atoms with Gasteiger partial charge in [-0.3, -0.25) is 0 Å². The lowest BCUT2D eigenvalue weighted by atomic mass is 10.1. The first-order chi connectivity index (χ1) is 9.74. The zero-order chi connectivity index (χ0) is 13.9. The molecule has 0 spiro atoms. The Morgan fingerprint density at radius 3 is 2.57 bits per heavy atom. The Kier molecular flexibility index (Phi) is 5.57. The lowest BCUT2D eigenvalue weighted by molar-refractivity contribution is 0.400. The van der Waals surface area contributed by atoms with Crippen LogP contribution in [0.5, 0.6) is 0 Å². The quantitative estimate of drug-likeness (QED) is 0.742. The highest BCUT2D eigenvalue weighted by molar-refractivity contribution is 7.99. The molecule has 0 atom stereocenters. The molecule has 2 aromatic rings. The van der Waals surface area contributed by atoms with Crippen molar-refractivity contribution < 1.29 is 0 Å². The van der Waals surface area contributed by atoms with Gasteiger partial charge in [-0.25, -0.2) is 0 Å². The Hall–Kier alpha value is -1.16. The lowest BCUT2D eigenvalue weighted by Gasteiger charge is -2.23. The molecule has 1 aliphatic heterocycles. The number of hydrogen-bond donors (Lipinski definition) is 1. The molecular weight excluding hydrogens is 300 g/mol. The van der Waals surface area contributed by atoms with Crippen molar-refractivity contribution in [2.45, 2.75) is 22.6 Å². The van der Waals surface area contributed by atoms with Crippen LogP contribution in [0.1, 0.15) is 12.0 Å². The second-order valence-electron chi connectivity index (χ2n) is 5.42. The third kappa shape index (κ3) is 3.73. The highest BCUT2D eigenvalue weighted by Gasteiger charge is 2.17. The number of nitrogens with one attached hydrogen (secondary N) is 1. The molecule has 1 aliphatic rings. The third-order valence-electron chi connectivity index (χ3n) is 3.53. The van der Waals surface area contributed by atoms with Crippen LogP contribution in [-0.4, -0.2) is 25.5 Å². The van der Waals surface area contributed by atoms with Gasteiger partial charge in [0.05, 0.1) is 11.4 Å². The molecular formula is C17H21ClN2S. The van der Waals surface area contributed by atoms with E-state index in [4.69, 9.17) is 0 Å². The molecule has 112 valence electrons. The summed E-state index contributed by atoms with van der Waals surface area (Å²) in [6.07, 6.45) is 2.31. The largest absolute Gasteiger partial charge is 0.353 e. The number of nitrogens with zero attached hydrogens (tertiary/aromatic N) is 1. The summed E-state index contributed by atoms with van der Waals surface area (Å²) in [5, 5.41) is 3.61. The molecule has 0 aliphatic carbocycles. The smallest absolute Gasteiger partial charge is 0.0558 e. The summed E-state index contributed by atoms with van der Waals surface area (Å²) in [6, 6.07) is 15.1. The molecule has 1 N–H and O–H groups in total. The molecule has 0 amide bonds. The fourth-order valence-electron chi connectivity index (χ4n) is 2.51. The van der Waals surface area contributed by atoms with Crippen LogP contribution in [0.2, 0.25) is 0 Å². The van der Waals surface area contributed by atoms with E-state index in [1.54, 1.807) is 0 Å². The van der Waals surface area contributed by atoms with Gasteiger partial charge in [0.2, 0.25) is 0 Å². The number of hydrogen-bond acceptors (Lipinski definition) is 3. The van der Waals surface area contributed by atoms with Crippen LogP contribution in [0.25, 0.3) is 0 Å². The van der Waals surface area contributed by atoms with Gasteiger partial charge in [0.25, 0.3) is 0 Å². The van der Waals surface area contributed by atoms with Crippen molar-refractivity contribution in [2.75, 3.05) is 26.0 Å². The summed E-state index contributed by atoms with van der Waals surface area (Å²) in [7, 11) is 4.26. The summed E-state index contributed by atoms with van der Waals surface area (Å²) >= 11 is 1.86. The molecule has 1 heterocycles. The van der Waals surface area contributed by atoms with E-state index < -0.39 is 0 Å². The van der Waals surface area contributed by atoms with Crippen LogP contribution < -0.4 is 5.32 Å². The second-order valence-corrected chi connectivity index (χ2v) is 6.50. The number of halogens is 1. The van der Waals surface area contributed by atoms with Gasteiger partial charge in [0, 0.05) is 9.79 Å². The highest BCUT2D eigenvalue weighted by atomic mass is 35.5. The topological polar surface area (TPSA) is 15.3 Å². The maximum atomic E-state index is 3.61. The van der Waals surface area contributed by atoms with Crippen LogP contribution in [-0.2, 0) is 6.42 Å². The summed E-state index contributed by atoms with van der Waals surface area (Å²) in [4.78, 5) is 4.89. The standard InChI is InChI=1S/C17H20N2S.ClH/c1-19(2)12-6-8-13-7-5-11-16-17(13)18-14-9-3-4-10-15(14)20-16;/h3-5,7,9-11,18H,6,8,12H2,1-2H3;1H. The van der Waals surface area contributed by atoms with E-state index in [1.165, 1.54) is 33.2 Å². The summed E-state index contributed by atoms with van der Waals surface area (Å²) in [5.74, 6) is 0. The molecule has 0 saturated carbocycles. The van der Waals surface area contributed by atoms with Crippen molar-refractivity contribution >= 4 is 35.5 Å². The maximum Gasteiger partial charge on any atom is 0.0558 e. The molecule has 3 rings (SSSR count). The molecule has 4 heteroatoms. The van der Waals surface area contributed by atoms with E-state index in [-0.39, 0.29) is 12.4 Å². The second kappa shape index (κ2) is 7.21. The van der Waals surface area contributed by atoms with Gasteiger partial charge in [0.15, 0.2) is 0 Å². The van der Waals surface area contributed by atoms with Gasteiger partial charge >= 0.3 is 0 Å². The Morgan fingerprint density at radius 1 is 1.00 bits per heavy atom. The lowest BCUT2D eigenvalue weighted by Crippen LogP contribution is -2.14. The van der Waals surface area contributed by atoms with Crippen LogP contribution in [0.15, 0.2) is 52.3 Å². The summed E-state index contributed by atoms with van der Waals surface area (Å²) in [5.41, 5.74) is 3.95. The van der Waals surface area contributed by atoms with Crippen LogP contribution in [0.3, 0.4) is 0 Å². The number of benzene rings is 2. The van der Waals surface area contributed by atoms with Crippen molar-refractivity contribution in [3.8, 4) is 0 Å². The molecule has 0 saturated heterocycles. The molecule has 0 radical (unpaired) electrons. The fourth-order valence-corrected chi connectivity index (χ4v) is 3.55. The SMILES string of the molecule is CN(C)CCCc1cccc2c1Nc1ccccc1S2.Cl. The zero-order valence-electron chi connectivity index (χ0n) is 12.4. The molecule has 2 aromatic carbocycles. The fraction of sp³-hybridized carbons (Fsp3) is 0.294. The van der Waals surface area contributed by atoms with E-state index >= 15 is 0 Å². The molecule has 2 nitrogen and oxygen atoms in total. The van der Waals surface area contributed by atoms with Gasteiger partial charge in [-0.2, -0.15) is 0 Å². The molecule has 0 fully saturated rings. The van der Waals surface area contributed by atoms with Crippen LogP contribution in [0.4, 0.5) is 11.4 Å². The average molecular weight is 321 g/mol. The zero-order valence-corrected chi connectivity index (χ0v) is 14.1. The Labute approximate surface area is 137 Å². The number of rotatable bonds is 4. The number of fused-ring (bicyclic) bond motifs is 2. The first-order valence-electron chi connectivity index (χ1n) is 7.04. The molecule has 0 unspecified atom stereocenters. The van der Waals surface area contributed by atoms with Gasteiger partial charge in [-0.1, -0.05) is 36.0 Å². The van der Waals surface area contributed by atoms with Crippen molar-refractivity contribution in [1.29, 1.82) is 0 Å². The van der Waals surface area contributed by atoms with Crippen molar-refractivity contribution in [1.82, 2.24) is 4.90 Å². The minimum atomic E-state index is 0. The predicted octanol–water partition coefficient (Wildman–Crippen LogP) is 4.81. The summed E-state index contributed by atoms with van der Waals surface area (Å²) in [6.45, 7) is 1.13. The Morgan fingerprint density at radius 2 is 1.76 bits per heavy atom. The predicted molar refractivity (Wildman–Crippen MR) is 94.4 cm³/mol. The number of aryl methyl sites for hydroxylation is 1. The normalized spacial score (nSPS) is 12.1. The van der Waals surface area contributed by atoms with E-state index in [9.17, 15) is 0 Å². The first kappa shape index (κ1) is 16.2. The van der Waals surface area contributed by atoms with E-state index in [0.29, 0.717) is 0 Å². The van der Waals surface area contributed by atoms with Gasteiger partial charge < -0.3 is 10.2 Å². The first-order valence-corrected chi connectivity index (χ1v) is 7.86. The van der Waals surface area contributed by atoms with E-state index in [2.05, 4.69) is 66.8 Å². The molecule has 0 bridgehead atoms. The average Bonchev–Trinajstić information content (AvgIpc) is 2.45. The van der Waals surface area contributed by atoms with E-state index in [1.807, 2.05) is 11.8 Å². The van der Waals surface area contributed by atoms with Crippen LogP contribution >= 0.6 is 24.2 Å². The van der Waals surface area contributed by atoms with Gasteiger partial charge in [-0.05, 0) is 57.2 Å². The van der Waals surface area contributed by atoms with Crippen molar-refractivity contribution in [2.24, 2.45) is 0 Å². The van der Waals surface area contributed by atoms with Crippen molar-refractivity contribution in [3.05, 3.63) is 48.0 Å². The van der Waals surface area contributed by atoms with Gasteiger partial charge in [-0.15, -0.1) is 12.4 Å².